The lowest BCUT2D eigenvalue weighted by Crippen LogP contribution is -2.14. The number of nitrogens with zero attached hydrogens (tertiary/aromatic N) is 1. The lowest BCUT2D eigenvalue weighted by atomic mass is 10.1. The number of oxazole rings is 1. The van der Waals surface area contributed by atoms with Crippen molar-refractivity contribution in [2.75, 3.05) is 13.2 Å². The summed E-state index contributed by atoms with van der Waals surface area (Å²) in [5.41, 5.74) is 3.30. The topological polar surface area (TPSA) is 47.3 Å². The summed E-state index contributed by atoms with van der Waals surface area (Å²) in [6.07, 6.45) is 3.60. The summed E-state index contributed by atoms with van der Waals surface area (Å²) in [5, 5.41) is 3.35. The number of nitrogens with one attached hydrogen (secondary N) is 1. The highest BCUT2D eigenvalue weighted by Crippen LogP contribution is 2.31. The van der Waals surface area contributed by atoms with E-state index in [-0.39, 0.29) is 0 Å². The fraction of sp³-hybridized carbons (Fsp3) is 0.400. The maximum Gasteiger partial charge on any atom is 0.181 e. The number of hydrogen-bond donors (Lipinski definition) is 1. The van der Waals surface area contributed by atoms with E-state index in [1.807, 2.05) is 12.1 Å². The van der Waals surface area contributed by atoms with E-state index in [4.69, 9.17) is 9.15 Å². The Bertz CT molecular complexity index is 563. The molecule has 0 amide bonds. The second-order valence-electron chi connectivity index (χ2n) is 4.73. The van der Waals surface area contributed by atoms with Crippen molar-refractivity contribution >= 4 is 0 Å². The van der Waals surface area contributed by atoms with Crippen LogP contribution in [0.4, 0.5) is 0 Å². The molecule has 0 saturated heterocycles. The molecule has 4 nitrogen and oxygen atoms in total. The molecule has 0 radical (unpaired) electrons. The lowest BCUT2D eigenvalue weighted by Gasteiger charge is -2.04. The van der Waals surface area contributed by atoms with Gasteiger partial charge in [0.25, 0.3) is 0 Å². The van der Waals surface area contributed by atoms with E-state index in [0.29, 0.717) is 0 Å². The van der Waals surface area contributed by atoms with E-state index >= 15 is 0 Å². The third-order valence-corrected chi connectivity index (χ3v) is 3.31. The molecule has 0 spiro atoms. The van der Waals surface area contributed by atoms with Gasteiger partial charge in [-0.25, -0.2) is 4.98 Å². The maximum atomic E-state index is 5.55. The van der Waals surface area contributed by atoms with Crippen molar-refractivity contribution in [2.45, 2.75) is 26.3 Å². The van der Waals surface area contributed by atoms with Crippen LogP contribution in [-0.4, -0.2) is 18.1 Å². The number of aromatic nitrogens is 1. The predicted octanol–water partition coefficient (Wildman–Crippen LogP) is 2.78. The number of fused-ring (bicyclic) bond motifs is 1. The third-order valence-electron chi connectivity index (χ3n) is 3.31. The molecular weight excluding hydrogens is 240 g/mol. The lowest BCUT2D eigenvalue weighted by molar-refractivity contribution is 0.357. The second kappa shape index (κ2) is 5.45. The highest BCUT2D eigenvalue weighted by atomic mass is 16.5. The minimum absolute atomic E-state index is 0.743. The van der Waals surface area contributed by atoms with Crippen molar-refractivity contribution in [3.63, 3.8) is 0 Å². The van der Waals surface area contributed by atoms with Gasteiger partial charge in [0.1, 0.15) is 11.4 Å². The Morgan fingerprint density at radius 2 is 2.32 bits per heavy atom. The van der Waals surface area contributed by atoms with E-state index in [1.165, 1.54) is 12.0 Å². The molecule has 4 heteroatoms. The molecule has 0 bridgehead atoms. The zero-order chi connectivity index (χ0) is 13.1. The molecular formula is C15H18N2O2. The summed E-state index contributed by atoms with van der Waals surface area (Å²) in [7, 11) is 0. The average Bonchev–Trinajstić information content (AvgIpc) is 3.06. The third kappa shape index (κ3) is 2.49. The monoisotopic (exact) mass is 258 g/mol. The van der Waals surface area contributed by atoms with E-state index in [0.717, 1.165) is 55.3 Å². The first-order valence-corrected chi connectivity index (χ1v) is 6.77. The molecule has 0 unspecified atom stereocenters. The smallest absolute Gasteiger partial charge is 0.181 e. The summed E-state index contributed by atoms with van der Waals surface area (Å²) in [6.45, 7) is 4.66. The van der Waals surface area contributed by atoms with Gasteiger partial charge in [-0.3, -0.25) is 0 Å². The molecule has 1 N–H and O–H groups in total. The van der Waals surface area contributed by atoms with Gasteiger partial charge in [0.15, 0.2) is 12.2 Å². The molecule has 1 aromatic carbocycles. The molecule has 0 atom stereocenters. The van der Waals surface area contributed by atoms with E-state index in [2.05, 4.69) is 23.3 Å². The van der Waals surface area contributed by atoms with Crippen molar-refractivity contribution < 1.29 is 9.15 Å². The fourth-order valence-electron chi connectivity index (χ4n) is 2.34. The van der Waals surface area contributed by atoms with Crippen molar-refractivity contribution in [3.05, 3.63) is 35.9 Å². The summed E-state index contributed by atoms with van der Waals surface area (Å²) < 4.78 is 11.1. The summed E-state index contributed by atoms with van der Waals surface area (Å²) >= 11 is 0. The largest absolute Gasteiger partial charge is 0.493 e. The molecule has 2 aromatic rings. The van der Waals surface area contributed by atoms with Gasteiger partial charge in [-0.1, -0.05) is 6.92 Å². The second-order valence-corrected chi connectivity index (χ2v) is 4.73. The molecule has 0 aliphatic carbocycles. The van der Waals surface area contributed by atoms with Crippen LogP contribution in [0.25, 0.3) is 11.3 Å². The van der Waals surface area contributed by atoms with Gasteiger partial charge >= 0.3 is 0 Å². The van der Waals surface area contributed by atoms with Crippen molar-refractivity contribution in [2.24, 2.45) is 0 Å². The number of benzene rings is 1. The quantitative estimate of drug-likeness (QED) is 0.838. The van der Waals surface area contributed by atoms with Gasteiger partial charge in [0, 0.05) is 18.5 Å². The van der Waals surface area contributed by atoms with Crippen LogP contribution in [0.2, 0.25) is 0 Å². The molecule has 0 fully saturated rings. The molecule has 1 aromatic heterocycles. The molecule has 0 saturated carbocycles. The summed E-state index contributed by atoms with van der Waals surface area (Å²) in [4.78, 5) is 4.30. The first-order valence-electron chi connectivity index (χ1n) is 6.77. The van der Waals surface area contributed by atoms with Crippen LogP contribution in [-0.2, 0) is 13.0 Å². The summed E-state index contributed by atoms with van der Waals surface area (Å²) in [5.74, 6) is 1.85. The van der Waals surface area contributed by atoms with Gasteiger partial charge in [-0.05, 0) is 36.7 Å². The number of rotatable bonds is 5. The molecule has 1 aliphatic heterocycles. The van der Waals surface area contributed by atoms with Gasteiger partial charge in [0.05, 0.1) is 6.61 Å². The Kier molecular flexibility index (Phi) is 3.51. The molecule has 3 rings (SSSR count). The summed E-state index contributed by atoms with van der Waals surface area (Å²) in [6, 6.07) is 6.20. The highest BCUT2D eigenvalue weighted by molar-refractivity contribution is 5.63. The number of ether oxygens (including phenoxy) is 1. The molecule has 2 heterocycles. The Hall–Kier alpha value is -1.81. The van der Waals surface area contributed by atoms with Crippen LogP contribution < -0.4 is 10.1 Å². The van der Waals surface area contributed by atoms with Gasteiger partial charge in [-0.15, -0.1) is 0 Å². The first-order chi connectivity index (χ1) is 9.38. The zero-order valence-electron chi connectivity index (χ0n) is 11.1. The number of hydrogen-bond acceptors (Lipinski definition) is 4. The van der Waals surface area contributed by atoms with Crippen LogP contribution >= 0.6 is 0 Å². The molecule has 100 valence electrons. The van der Waals surface area contributed by atoms with Crippen LogP contribution in [0.1, 0.15) is 24.6 Å². The fourth-order valence-corrected chi connectivity index (χ4v) is 2.34. The average molecular weight is 258 g/mol. The molecule has 19 heavy (non-hydrogen) atoms. The van der Waals surface area contributed by atoms with Crippen molar-refractivity contribution in [1.82, 2.24) is 10.3 Å². The van der Waals surface area contributed by atoms with Crippen LogP contribution in [0.5, 0.6) is 5.75 Å². The standard InChI is InChI=1S/C15H18N2O2/c1-2-6-16-9-13-15(19-10-17-13)12-3-4-14-11(8-12)5-7-18-14/h3-4,8,10,16H,2,5-7,9H2,1H3. The Morgan fingerprint density at radius 3 is 3.21 bits per heavy atom. The van der Waals surface area contributed by atoms with Crippen LogP contribution in [0.3, 0.4) is 0 Å². The Labute approximate surface area is 112 Å². The molecule has 1 aliphatic rings. The van der Waals surface area contributed by atoms with E-state index < -0.39 is 0 Å². The van der Waals surface area contributed by atoms with Gasteiger partial charge in [-0.2, -0.15) is 0 Å². The van der Waals surface area contributed by atoms with E-state index in [9.17, 15) is 0 Å². The van der Waals surface area contributed by atoms with Crippen molar-refractivity contribution in [3.8, 4) is 17.1 Å². The van der Waals surface area contributed by atoms with Crippen molar-refractivity contribution in [1.29, 1.82) is 0 Å². The minimum atomic E-state index is 0.743. The zero-order valence-corrected chi connectivity index (χ0v) is 11.1. The Morgan fingerprint density at radius 1 is 1.37 bits per heavy atom. The van der Waals surface area contributed by atoms with Crippen LogP contribution in [0, 0.1) is 0 Å². The van der Waals surface area contributed by atoms with Gasteiger partial charge < -0.3 is 14.5 Å². The normalized spacial score (nSPS) is 13.3. The SMILES string of the molecule is CCCNCc1ncoc1-c1ccc2c(c1)CCO2. The Balaban J connectivity index is 1.84. The minimum Gasteiger partial charge on any atom is -0.493 e. The van der Waals surface area contributed by atoms with Gasteiger partial charge in [0.2, 0.25) is 0 Å². The highest BCUT2D eigenvalue weighted by Gasteiger charge is 2.16. The maximum absolute atomic E-state index is 5.55. The predicted molar refractivity (Wildman–Crippen MR) is 73.1 cm³/mol. The first kappa shape index (κ1) is 12.2. The van der Waals surface area contributed by atoms with Crippen LogP contribution in [0.15, 0.2) is 29.0 Å². The van der Waals surface area contributed by atoms with E-state index in [1.54, 1.807) is 0 Å².